The Balaban J connectivity index is 1.54. The van der Waals surface area contributed by atoms with E-state index in [1.165, 1.54) is 17.7 Å². The van der Waals surface area contributed by atoms with Gasteiger partial charge in [-0.05, 0) is 36.4 Å². The Hall–Kier alpha value is -3.90. The summed E-state index contributed by atoms with van der Waals surface area (Å²) in [7, 11) is 1.58. The lowest BCUT2D eigenvalue weighted by molar-refractivity contribution is -0.385. The van der Waals surface area contributed by atoms with E-state index >= 15 is 0 Å². The lowest BCUT2D eigenvalue weighted by Gasteiger charge is -2.10. The number of nitrogens with one attached hydrogen (secondary N) is 1. The van der Waals surface area contributed by atoms with Crippen LogP contribution in [0.1, 0.15) is 0 Å². The molecule has 0 fully saturated rings. The molecule has 5 rings (SSSR count). The summed E-state index contributed by atoms with van der Waals surface area (Å²) in [4.78, 5) is 28.2. The summed E-state index contributed by atoms with van der Waals surface area (Å²) >= 11 is 4.79. The average Bonchev–Trinajstić information content (AvgIpc) is 3.22. The van der Waals surface area contributed by atoms with E-state index < -0.39 is 10.6 Å². The number of aromatic nitrogens is 4. The second kappa shape index (κ2) is 8.56. The number of nitrogens with zero attached hydrogens (tertiary/aromatic N) is 5. The predicted octanol–water partition coefficient (Wildman–Crippen LogP) is 5.85. The van der Waals surface area contributed by atoms with E-state index in [1.54, 1.807) is 37.6 Å². The molecule has 0 bridgehead atoms. The van der Waals surface area contributed by atoms with Crippen molar-refractivity contribution in [3.8, 4) is 17.4 Å². The van der Waals surface area contributed by atoms with E-state index in [-0.39, 0.29) is 11.7 Å². The third-order valence-corrected chi connectivity index (χ3v) is 6.30. The zero-order valence-corrected chi connectivity index (χ0v) is 19.3. The summed E-state index contributed by atoms with van der Waals surface area (Å²) in [6.45, 7) is 0. The maximum atomic E-state index is 11.9. The minimum atomic E-state index is -0.595. The highest BCUT2D eigenvalue weighted by molar-refractivity contribution is 9.10. The highest BCUT2D eigenvalue weighted by Gasteiger charge is 2.26. The number of methoxy groups -OCH3 is 1. The molecule has 0 atom stereocenters. The molecule has 0 unspecified atom stereocenters. The van der Waals surface area contributed by atoms with Gasteiger partial charge in [0.05, 0.1) is 22.2 Å². The quantitative estimate of drug-likeness (QED) is 0.215. The first-order chi connectivity index (χ1) is 16.0. The van der Waals surface area contributed by atoms with Gasteiger partial charge in [-0.1, -0.05) is 33.3 Å². The van der Waals surface area contributed by atoms with E-state index in [2.05, 4.69) is 41.2 Å². The number of rotatable bonds is 6. The standard InChI is InChI=1S/C21H13BrN6O4S/c1-31-11-4-6-14-16(9-11)33-21(26-14)27-19-18(28(29)30)20(25-10-24-19)32-15-7-5-13(22)12-3-2-8-23-17(12)15/h2-10H,1H3,(H,24,25,26,27). The van der Waals surface area contributed by atoms with Crippen molar-refractivity contribution in [2.45, 2.75) is 0 Å². The molecule has 5 aromatic rings. The summed E-state index contributed by atoms with van der Waals surface area (Å²) in [6.07, 6.45) is 2.81. The first-order valence-electron chi connectivity index (χ1n) is 9.45. The summed E-state index contributed by atoms with van der Waals surface area (Å²) in [5.41, 5.74) is 0.847. The molecule has 33 heavy (non-hydrogen) atoms. The van der Waals surface area contributed by atoms with Crippen molar-refractivity contribution in [2.24, 2.45) is 0 Å². The van der Waals surface area contributed by atoms with E-state index in [0.29, 0.717) is 22.1 Å². The van der Waals surface area contributed by atoms with Gasteiger partial charge in [-0.2, -0.15) is 4.98 Å². The highest BCUT2D eigenvalue weighted by Crippen LogP contribution is 2.39. The summed E-state index contributed by atoms with van der Waals surface area (Å²) in [5, 5.41) is 16.1. The SMILES string of the molecule is COc1ccc2nc(Nc3ncnc(Oc4ccc(Br)c5cccnc45)c3[N+](=O)[O-])sc2c1. The van der Waals surface area contributed by atoms with Crippen molar-refractivity contribution in [1.29, 1.82) is 0 Å². The fourth-order valence-electron chi connectivity index (χ4n) is 3.18. The molecular formula is C21H13BrN6O4S. The number of halogens is 1. The van der Waals surface area contributed by atoms with Gasteiger partial charge in [-0.15, -0.1) is 0 Å². The molecule has 10 nitrogen and oxygen atoms in total. The number of fused-ring (bicyclic) bond motifs is 2. The molecule has 12 heteroatoms. The zero-order chi connectivity index (χ0) is 22.9. The lowest BCUT2D eigenvalue weighted by atomic mass is 10.2. The Morgan fingerprint density at radius 2 is 2.03 bits per heavy atom. The van der Waals surface area contributed by atoms with Crippen LogP contribution in [0.5, 0.6) is 17.4 Å². The molecule has 1 N–H and O–H groups in total. The number of thiazole rings is 1. The van der Waals surface area contributed by atoms with Crippen LogP contribution < -0.4 is 14.8 Å². The molecule has 0 radical (unpaired) electrons. The second-order valence-corrected chi connectivity index (χ2v) is 8.54. The Kier molecular flexibility index (Phi) is 5.44. The Morgan fingerprint density at radius 3 is 2.85 bits per heavy atom. The number of benzene rings is 2. The van der Waals surface area contributed by atoms with Crippen molar-refractivity contribution in [3.05, 3.63) is 69.6 Å². The van der Waals surface area contributed by atoms with Crippen LogP contribution in [0, 0.1) is 10.1 Å². The van der Waals surface area contributed by atoms with Crippen LogP contribution >= 0.6 is 27.3 Å². The van der Waals surface area contributed by atoms with E-state index in [4.69, 9.17) is 9.47 Å². The van der Waals surface area contributed by atoms with E-state index in [9.17, 15) is 10.1 Å². The van der Waals surface area contributed by atoms with Gasteiger partial charge in [-0.3, -0.25) is 15.1 Å². The minimum Gasteiger partial charge on any atom is -0.497 e. The smallest absolute Gasteiger partial charge is 0.373 e. The fourth-order valence-corrected chi connectivity index (χ4v) is 4.52. The number of hydrogen-bond acceptors (Lipinski definition) is 10. The highest BCUT2D eigenvalue weighted by atomic mass is 79.9. The number of ether oxygens (including phenoxy) is 2. The maximum Gasteiger partial charge on any atom is 0.373 e. The van der Waals surface area contributed by atoms with Crippen molar-refractivity contribution in [2.75, 3.05) is 12.4 Å². The minimum absolute atomic E-state index is 0.0367. The van der Waals surface area contributed by atoms with Crippen molar-refractivity contribution in [3.63, 3.8) is 0 Å². The molecule has 0 amide bonds. The third-order valence-electron chi connectivity index (χ3n) is 4.68. The van der Waals surface area contributed by atoms with Crippen molar-refractivity contribution < 1.29 is 14.4 Å². The van der Waals surface area contributed by atoms with E-state index in [0.717, 1.165) is 20.1 Å². The van der Waals surface area contributed by atoms with Crippen LogP contribution in [-0.2, 0) is 0 Å². The number of pyridine rings is 1. The fraction of sp³-hybridized carbons (Fsp3) is 0.0476. The molecule has 164 valence electrons. The number of nitro groups is 1. The van der Waals surface area contributed by atoms with Crippen LogP contribution in [0.4, 0.5) is 16.6 Å². The third kappa shape index (κ3) is 4.01. The molecule has 0 saturated carbocycles. The van der Waals surface area contributed by atoms with Gasteiger partial charge < -0.3 is 14.8 Å². The molecule has 0 saturated heterocycles. The average molecular weight is 525 g/mol. The number of hydrogen-bond donors (Lipinski definition) is 1. The first-order valence-corrected chi connectivity index (χ1v) is 11.1. The molecule has 0 aliphatic carbocycles. The second-order valence-electron chi connectivity index (χ2n) is 6.66. The molecule has 3 aromatic heterocycles. The normalized spacial score (nSPS) is 11.0. The van der Waals surface area contributed by atoms with Gasteiger partial charge in [0, 0.05) is 16.1 Å². The van der Waals surface area contributed by atoms with Gasteiger partial charge in [-0.25, -0.2) is 9.97 Å². The van der Waals surface area contributed by atoms with Crippen LogP contribution in [0.25, 0.3) is 21.1 Å². The maximum absolute atomic E-state index is 11.9. The van der Waals surface area contributed by atoms with Crippen LogP contribution in [0.15, 0.2) is 59.5 Å². The molecule has 3 heterocycles. The first kappa shape index (κ1) is 21.0. The predicted molar refractivity (Wildman–Crippen MR) is 128 cm³/mol. The van der Waals surface area contributed by atoms with Crippen LogP contribution in [0.2, 0.25) is 0 Å². The van der Waals surface area contributed by atoms with Gasteiger partial charge >= 0.3 is 11.6 Å². The zero-order valence-electron chi connectivity index (χ0n) is 16.9. The van der Waals surface area contributed by atoms with Gasteiger partial charge in [0.2, 0.25) is 5.82 Å². The van der Waals surface area contributed by atoms with Gasteiger partial charge in [0.1, 0.15) is 17.6 Å². The summed E-state index contributed by atoms with van der Waals surface area (Å²) in [6, 6.07) is 12.5. The van der Waals surface area contributed by atoms with Crippen molar-refractivity contribution >= 4 is 65.0 Å². The molecule has 2 aromatic carbocycles. The number of anilines is 2. The Labute approximate surface area is 198 Å². The lowest BCUT2D eigenvalue weighted by Crippen LogP contribution is -2.03. The Bertz CT molecular complexity index is 1530. The molecule has 0 aliphatic heterocycles. The summed E-state index contributed by atoms with van der Waals surface area (Å²) in [5.74, 6) is 0.769. The molecule has 0 aliphatic rings. The van der Waals surface area contributed by atoms with Crippen LogP contribution in [-0.4, -0.2) is 32.0 Å². The van der Waals surface area contributed by atoms with Crippen LogP contribution in [0.3, 0.4) is 0 Å². The summed E-state index contributed by atoms with van der Waals surface area (Å²) < 4.78 is 12.8. The Morgan fingerprint density at radius 1 is 1.15 bits per heavy atom. The molecule has 0 spiro atoms. The van der Waals surface area contributed by atoms with E-state index in [1.807, 2.05) is 18.2 Å². The molecular weight excluding hydrogens is 512 g/mol. The van der Waals surface area contributed by atoms with Gasteiger partial charge in [0.15, 0.2) is 10.9 Å². The topological polar surface area (TPSA) is 125 Å². The van der Waals surface area contributed by atoms with Gasteiger partial charge in [0.25, 0.3) is 0 Å². The monoisotopic (exact) mass is 524 g/mol. The largest absolute Gasteiger partial charge is 0.497 e. The van der Waals surface area contributed by atoms with Crippen molar-refractivity contribution in [1.82, 2.24) is 19.9 Å².